The molecule has 1 N–H and O–H groups in total. The van der Waals surface area contributed by atoms with Crippen molar-refractivity contribution in [2.24, 2.45) is 0 Å². The van der Waals surface area contributed by atoms with E-state index < -0.39 is 0 Å². The van der Waals surface area contributed by atoms with Crippen LogP contribution in [0.2, 0.25) is 0 Å². The highest BCUT2D eigenvalue weighted by Crippen LogP contribution is 2.19. The summed E-state index contributed by atoms with van der Waals surface area (Å²) >= 11 is 0. The van der Waals surface area contributed by atoms with Gasteiger partial charge in [0.15, 0.2) is 0 Å². The van der Waals surface area contributed by atoms with Gasteiger partial charge >= 0.3 is 0 Å². The average molecular weight is 239 g/mol. The van der Waals surface area contributed by atoms with Gasteiger partial charge in [-0.05, 0) is 38.4 Å². The van der Waals surface area contributed by atoms with Crippen LogP contribution in [0.15, 0.2) is 48.5 Å². The Kier molecular flexibility index (Phi) is 4.16. The van der Waals surface area contributed by atoms with E-state index in [2.05, 4.69) is 67.7 Å². The predicted octanol–water partition coefficient (Wildman–Crippen LogP) is 3.81. The SMILES string of the molecule is CNC(Cc1cc(C)cc(C)c1)c1ccccc1. The van der Waals surface area contributed by atoms with Crippen LogP contribution in [-0.2, 0) is 6.42 Å². The summed E-state index contributed by atoms with van der Waals surface area (Å²) in [6, 6.07) is 17.8. The molecule has 0 radical (unpaired) electrons. The molecule has 2 aromatic carbocycles. The fourth-order valence-corrected chi connectivity index (χ4v) is 2.49. The summed E-state index contributed by atoms with van der Waals surface area (Å²) in [5, 5.41) is 3.41. The van der Waals surface area contributed by atoms with Crippen molar-refractivity contribution in [1.82, 2.24) is 5.32 Å². The highest BCUT2D eigenvalue weighted by molar-refractivity contribution is 5.30. The van der Waals surface area contributed by atoms with Crippen molar-refractivity contribution < 1.29 is 0 Å². The zero-order valence-electron chi connectivity index (χ0n) is 11.4. The maximum atomic E-state index is 3.41. The molecule has 0 fully saturated rings. The quantitative estimate of drug-likeness (QED) is 0.855. The molecule has 0 saturated heterocycles. The van der Waals surface area contributed by atoms with Gasteiger partial charge in [-0.2, -0.15) is 0 Å². The molecule has 2 aromatic rings. The van der Waals surface area contributed by atoms with E-state index in [-0.39, 0.29) is 0 Å². The van der Waals surface area contributed by atoms with Gasteiger partial charge in [-0.1, -0.05) is 59.7 Å². The number of benzene rings is 2. The molecule has 1 nitrogen and oxygen atoms in total. The van der Waals surface area contributed by atoms with E-state index in [0.717, 1.165) is 6.42 Å². The maximum Gasteiger partial charge on any atom is 0.0358 e. The van der Waals surface area contributed by atoms with Crippen LogP contribution in [0.3, 0.4) is 0 Å². The molecule has 0 aliphatic heterocycles. The summed E-state index contributed by atoms with van der Waals surface area (Å²) in [5.74, 6) is 0. The topological polar surface area (TPSA) is 12.0 Å². The number of aryl methyl sites for hydroxylation is 2. The second-order valence-electron chi connectivity index (χ2n) is 4.95. The van der Waals surface area contributed by atoms with E-state index in [1.165, 1.54) is 22.3 Å². The van der Waals surface area contributed by atoms with Gasteiger partial charge in [0.25, 0.3) is 0 Å². The maximum absolute atomic E-state index is 3.41. The van der Waals surface area contributed by atoms with Gasteiger partial charge in [0.05, 0.1) is 0 Å². The lowest BCUT2D eigenvalue weighted by Crippen LogP contribution is -2.18. The van der Waals surface area contributed by atoms with E-state index in [1.807, 2.05) is 7.05 Å². The molecule has 0 heterocycles. The second-order valence-corrected chi connectivity index (χ2v) is 4.95. The van der Waals surface area contributed by atoms with E-state index in [9.17, 15) is 0 Å². The minimum Gasteiger partial charge on any atom is -0.313 e. The van der Waals surface area contributed by atoms with Crippen LogP contribution in [0.4, 0.5) is 0 Å². The first-order valence-electron chi connectivity index (χ1n) is 6.48. The van der Waals surface area contributed by atoms with E-state index in [1.54, 1.807) is 0 Å². The van der Waals surface area contributed by atoms with Crippen LogP contribution in [-0.4, -0.2) is 7.05 Å². The van der Waals surface area contributed by atoms with Crippen molar-refractivity contribution in [1.29, 1.82) is 0 Å². The Bertz CT molecular complexity index is 482. The predicted molar refractivity (Wildman–Crippen MR) is 77.9 cm³/mol. The average Bonchev–Trinajstić information content (AvgIpc) is 2.36. The number of nitrogens with one attached hydrogen (secondary N) is 1. The van der Waals surface area contributed by atoms with Gasteiger partial charge in [0.1, 0.15) is 0 Å². The molecule has 0 aromatic heterocycles. The third kappa shape index (κ3) is 3.21. The number of hydrogen-bond donors (Lipinski definition) is 1. The third-order valence-corrected chi connectivity index (χ3v) is 3.27. The standard InChI is InChI=1S/C17H21N/c1-13-9-14(2)11-15(10-13)12-17(18-3)16-7-5-4-6-8-16/h4-11,17-18H,12H2,1-3H3. The lowest BCUT2D eigenvalue weighted by Gasteiger charge is -2.17. The van der Waals surface area contributed by atoms with Crippen molar-refractivity contribution in [2.45, 2.75) is 26.3 Å². The Morgan fingerprint density at radius 3 is 2.11 bits per heavy atom. The Hall–Kier alpha value is -1.60. The number of likely N-dealkylation sites (N-methyl/N-ethyl adjacent to an activating group) is 1. The molecule has 0 saturated carbocycles. The Morgan fingerprint density at radius 2 is 1.56 bits per heavy atom. The molecule has 1 heteroatoms. The molecule has 18 heavy (non-hydrogen) atoms. The van der Waals surface area contributed by atoms with Crippen LogP contribution in [0, 0.1) is 13.8 Å². The normalized spacial score (nSPS) is 12.4. The molecule has 0 aliphatic rings. The zero-order valence-corrected chi connectivity index (χ0v) is 11.4. The molecule has 0 bridgehead atoms. The first-order valence-corrected chi connectivity index (χ1v) is 6.48. The van der Waals surface area contributed by atoms with Crippen molar-refractivity contribution in [2.75, 3.05) is 7.05 Å². The Morgan fingerprint density at radius 1 is 0.944 bits per heavy atom. The van der Waals surface area contributed by atoms with Crippen LogP contribution in [0.1, 0.15) is 28.3 Å². The number of hydrogen-bond acceptors (Lipinski definition) is 1. The van der Waals surface area contributed by atoms with Gasteiger partial charge in [0.2, 0.25) is 0 Å². The van der Waals surface area contributed by atoms with E-state index in [0.29, 0.717) is 6.04 Å². The molecule has 1 atom stereocenters. The molecule has 94 valence electrons. The smallest absolute Gasteiger partial charge is 0.0358 e. The summed E-state index contributed by atoms with van der Waals surface area (Å²) in [6.45, 7) is 4.32. The highest BCUT2D eigenvalue weighted by atomic mass is 14.9. The van der Waals surface area contributed by atoms with E-state index >= 15 is 0 Å². The summed E-state index contributed by atoms with van der Waals surface area (Å²) in [7, 11) is 2.03. The van der Waals surface area contributed by atoms with Crippen LogP contribution < -0.4 is 5.32 Å². The monoisotopic (exact) mass is 239 g/mol. The van der Waals surface area contributed by atoms with Crippen molar-refractivity contribution in [3.05, 3.63) is 70.8 Å². The minimum atomic E-state index is 0.382. The number of rotatable bonds is 4. The second kappa shape index (κ2) is 5.83. The summed E-state index contributed by atoms with van der Waals surface area (Å²) in [6.07, 6.45) is 1.03. The third-order valence-electron chi connectivity index (χ3n) is 3.27. The van der Waals surface area contributed by atoms with Crippen LogP contribution in [0.5, 0.6) is 0 Å². The van der Waals surface area contributed by atoms with Gasteiger partial charge in [-0.3, -0.25) is 0 Å². The highest BCUT2D eigenvalue weighted by Gasteiger charge is 2.09. The lowest BCUT2D eigenvalue weighted by atomic mass is 9.97. The summed E-state index contributed by atoms with van der Waals surface area (Å²) in [5.41, 5.74) is 5.43. The van der Waals surface area contributed by atoms with Crippen molar-refractivity contribution >= 4 is 0 Å². The largest absolute Gasteiger partial charge is 0.313 e. The van der Waals surface area contributed by atoms with Gasteiger partial charge in [-0.25, -0.2) is 0 Å². The molecule has 0 aliphatic carbocycles. The Balaban J connectivity index is 2.20. The molecule has 2 rings (SSSR count). The summed E-state index contributed by atoms with van der Waals surface area (Å²) < 4.78 is 0. The fourth-order valence-electron chi connectivity index (χ4n) is 2.49. The first-order chi connectivity index (χ1) is 8.69. The van der Waals surface area contributed by atoms with Gasteiger partial charge in [0, 0.05) is 6.04 Å². The van der Waals surface area contributed by atoms with Gasteiger partial charge < -0.3 is 5.32 Å². The summed E-state index contributed by atoms with van der Waals surface area (Å²) in [4.78, 5) is 0. The molecular formula is C17H21N. The molecule has 1 unspecified atom stereocenters. The molecule has 0 spiro atoms. The van der Waals surface area contributed by atoms with Crippen LogP contribution in [0.25, 0.3) is 0 Å². The first kappa shape index (κ1) is 12.8. The van der Waals surface area contributed by atoms with Crippen molar-refractivity contribution in [3.8, 4) is 0 Å². The van der Waals surface area contributed by atoms with Crippen LogP contribution >= 0.6 is 0 Å². The van der Waals surface area contributed by atoms with Gasteiger partial charge in [-0.15, -0.1) is 0 Å². The molecular weight excluding hydrogens is 218 g/mol. The molecule has 0 amide bonds. The lowest BCUT2D eigenvalue weighted by molar-refractivity contribution is 0.592. The Labute approximate surface area is 110 Å². The zero-order chi connectivity index (χ0) is 13.0. The minimum absolute atomic E-state index is 0.382. The van der Waals surface area contributed by atoms with Crippen molar-refractivity contribution in [3.63, 3.8) is 0 Å². The van der Waals surface area contributed by atoms with E-state index in [4.69, 9.17) is 0 Å². The fraction of sp³-hybridized carbons (Fsp3) is 0.294.